The summed E-state index contributed by atoms with van der Waals surface area (Å²) < 4.78 is 0.874. The average molecular weight is 310 g/mol. The fraction of sp³-hybridized carbons (Fsp3) is 0.533. The zero-order chi connectivity index (χ0) is 13.3. The van der Waals surface area contributed by atoms with Gasteiger partial charge in [0, 0.05) is 10.5 Å². The van der Waals surface area contributed by atoms with Gasteiger partial charge < -0.3 is 5.32 Å². The van der Waals surface area contributed by atoms with Gasteiger partial charge in [0.05, 0.1) is 5.56 Å². The highest BCUT2D eigenvalue weighted by molar-refractivity contribution is 9.10. The highest BCUT2D eigenvalue weighted by Crippen LogP contribution is 2.31. The van der Waals surface area contributed by atoms with Gasteiger partial charge in [-0.05, 0) is 65.2 Å². The van der Waals surface area contributed by atoms with Crippen LogP contribution in [0.1, 0.15) is 42.6 Å². The smallest absolute Gasteiger partial charge is 0.252 e. The zero-order valence-corrected chi connectivity index (χ0v) is 12.8. The van der Waals surface area contributed by atoms with Crippen LogP contribution in [0.5, 0.6) is 0 Å². The molecule has 1 amide bonds. The average Bonchev–Trinajstić information content (AvgIpc) is 2.61. The summed E-state index contributed by atoms with van der Waals surface area (Å²) in [5, 5.41) is 3.17. The van der Waals surface area contributed by atoms with Gasteiger partial charge in [0.1, 0.15) is 0 Å². The Morgan fingerprint density at radius 3 is 2.61 bits per heavy atom. The molecule has 0 spiro atoms. The van der Waals surface area contributed by atoms with Crippen molar-refractivity contribution in [2.75, 3.05) is 0 Å². The lowest BCUT2D eigenvalue weighted by molar-refractivity contribution is 0.0926. The van der Waals surface area contributed by atoms with Crippen molar-refractivity contribution in [3.8, 4) is 0 Å². The molecule has 1 saturated carbocycles. The number of aryl methyl sites for hydroxylation is 1. The van der Waals surface area contributed by atoms with Crippen LogP contribution in [-0.4, -0.2) is 11.9 Å². The minimum absolute atomic E-state index is 0.0350. The highest BCUT2D eigenvalue weighted by Gasteiger charge is 2.31. The third-order valence-electron chi connectivity index (χ3n) is 4.15. The van der Waals surface area contributed by atoms with Gasteiger partial charge in [-0.1, -0.05) is 19.9 Å². The van der Waals surface area contributed by atoms with E-state index in [1.807, 2.05) is 25.1 Å². The molecule has 1 aromatic carbocycles. The Morgan fingerprint density at radius 2 is 2.06 bits per heavy atom. The first-order chi connectivity index (χ1) is 8.49. The van der Waals surface area contributed by atoms with Gasteiger partial charge in [-0.3, -0.25) is 4.79 Å². The first-order valence-corrected chi connectivity index (χ1v) is 7.35. The van der Waals surface area contributed by atoms with E-state index in [1.54, 1.807) is 0 Å². The molecule has 0 bridgehead atoms. The fourth-order valence-electron chi connectivity index (χ4n) is 2.62. The summed E-state index contributed by atoms with van der Waals surface area (Å²) in [6, 6.07) is 6.16. The van der Waals surface area contributed by atoms with Gasteiger partial charge in [0.2, 0.25) is 0 Å². The summed E-state index contributed by atoms with van der Waals surface area (Å²) in [6.45, 7) is 6.51. The van der Waals surface area contributed by atoms with Gasteiger partial charge in [-0.15, -0.1) is 0 Å². The van der Waals surface area contributed by atoms with Crippen LogP contribution in [-0.2, 0) is 0 Å². The molecule has 2 rings (SSSR count). The molecule has 0 heterocycles. The SMILES string of the molecule is Cc1ccc(C(=O)NC2CCC(C)C2C)c(Br)c1. The van der Waals surface area contributed by atoms with Gasteiger partial charge in [0.15, 0.2) is 0 Å². The van der Waals surface area contributed by atoms with Crippen molar-refractivity contribution in [1.82, 2.24) is 5.32 Å². The molecule has 0 radical (unpaired) electrons. The van der Waals surface area contributed by atoms with Crippen molar-refractivity contribution in [3.63, 3.8) is 0 Å². The second kappa shape index (κ2) is 5.43. The molecule has 1 N–H and O–H groups in total. The second-order valence-electron chi connectivity index (χ2n) is 5.48. The standard InChI is InChI=1S/C15H20BrNO/c1-9-4-6-12(13(16)8-9)15(18)17-14-7-5-10(2)11(14)3/h4,6,8,10-11,14H,5,7H2,1-3H3,(H,17,18). The molecule has 1 aromatic rings. The van der Waals surface area contributed by atoms with Gasteiger partial charge in [-0.25, -0.2) is 0 Å². The predicted octanol–water partition coefficient (Wildman–Crippen LogP) is 3.92. The Hall–Kier alpha value is -0.830. The summed E-state index contributed by atoms with van der Waals surface area (Å²) >= 11 is 3.46. The maximum Gasteiger partial charge on any atom is 0.252 e. The Bertz CT molecular complexity index is 458. The van der Waals surface area contributed by atoms with Crippen molar-refractivity contribution in [2.45, 2.75) is 39.7 Å². The van der Waals surface area contributed by atoms with Crippen LogP contribution in [0, 0.1) is 18.8 Å². The number of halogens is 1. The first-order valence-electron chi connectivity index (χ1n) is 6.56. The summed E-state index contributed by atoms with van der Waals surface area (Å²) in [4.78, 5) is 12.2. The lowest BCUT2D eigenvalue weighted by Crippen LogP contribution is -2.37. The third-order valence-corrected chi connectivity index (χ3v) is 4.81. The van der Waals surface area contributed by atoms with Crippen molar-refractivity contribution >= 4 is 21.8 Å². The maximum absolute atomic E-state index is 12.2. The van der Waals surface area contributed by atoms with E-state index in [-0.39, 0.29) is 5.91 Å². The van der Waals surface area contributed by atoms with E-state index in [9.17, 15) is 4.79 Å². The Balaban J connectivity index is 2.08. The topological polar surface area (TPSA) is 29.1 Å². The Kier molecular flexibility index (Phi) is 4.10. The van der Waals surface area contributed by atoms with Gasteiger partial charge in [-0.2, -0.15) is 0 Å². The number of rotatable bonds is 2. The van der Waals surface area contributed by atoms with Crippen LogP contribution in [0.25, 0.3) is 0 Å². The molecule has 1 aliphatic carbocycles. The van der Waals surface area contributed by atoms with Crippen molar-refractivity contribution in [1.29, 1.82) is 0 Å². The van der Waals surface area contributed by atoms with Crippen molar-refractivity contribution < 1.29 is 4.79 Å². The number of carbonyl (C=O) groups excluding carboxylic acids is 1. The van der Waals surface area contributed by atoms with Gasteiger partial charge in [0.25, 0.3) is 5.91 Å². The van der Waals surface area contributed by atoms with Crippen LogP contribution in [0.15, 0.2) is 22.7 Å². The largest absolute Gasteiger partial charge is 0.349 e. The Labute approximate surface area is 117 Å². The van der Waals surface area contributed by atoms with E-state index in [4.69, 9.17) is 0 Å². The van der Waals surface area contributed by atoms with E-state index < -0.39 is 0 Å². The second-order valence-corrected chi connectivity index (χ2v) is 6.33. The molecule has 2 nitrogen and oxygen atoms in total. The minimum Gasteiger partial charge on any atom is -0.349 e. The molecule has 3 unspecified atom stereocenters. The number of carbonyl (C=O) groups is 1. The molecule has 98 valence electrons. The van der Waals surface area contributed by atoms with Crippen LogP contribution < -0.4 is 5.32 Å². The van der Waals surface area contributed by atoms with E-state index in [0.717, 1.165) is 22.0 Å². The molecule has 0 aliphatic heterocycles. The molecular weight excluding hydrogens is 290 g/mol. The number of amides is 1. The number of hydrogen-bond acceptors (Lipinski definition) is 1. The van der Waals surface area contributed by atoms with Crippen LogP contribution in [0.3, 0.4) is 0 Å². The number of benzene rings is 1. The predicted molar refractivity (Wildman–Crippen MR) is 77.7 cm³/mol. The van der Waals surface area contributed by atoms with Crippen molar-refractivity contribution in [2.24, 2.45) is 11.8 Å². The van der Waals surface area contributed by atoms with E-state index >= 15 is 0 Å². The summed E-state index contributed by atoms with van der Waals surface area (Å²) in [5.41, 5.74) is 1.88. The lowest BCUT2D eigenvalue weighted by atomic mass is 9.97. The van der Waals surface area contributed by atoms with Crippen molar-refractivity contribution in [3.05, 3.63) is 33.8 Å². The number of nitrogens with one attached hydrogen (secondary N) is 1. The first kappa shape index (κ1) is 13.6. The summed E-state index contributed by atoms with van der Waals surface area (Å²) in [6.07, 6.45) is 2.30. The normalized spacial score (nSPS) is 27.2. The Morgan fingerprint density at radius 1 is 1.33 bits per heavy atom. The zero-order valence-electron chi connectivity index (χ0n) is 11.2. The molecule has 3 atom stereocenters. The lowest BCUT2D eigenvalue weighted by Gasteiger charge is -2.20. The molecule has 3 heteroatoms. The molecule has 1 fully saturated rings. The summed E-state index contributed by atoms with van der Waals surface area (Å²) in [7, 11) is 0. The molecular formula is C15H20BrNO. The van der Waals surface area contributed by atoms with Crippen LogP contribution in [0.2, 0.25) is 0 Å². The monoisotopic (exact) mass is 309 g/mol. The number of hydrogen-bond donors (Lipinski definition) is 1. The maximum atomic E-state index is 12.2. The van der Waals surface area contributed by atoms with Crippen LogP contribution in [0.4, 0.5) is 0 Å². The van der Waals surface area contributed by atoms with Gasteiger partial charge >= 0.3 is 0 Å². The van der Waals surface area contributed by atoms with E-state index in [0.29, 0.717) is 17.9 Å². The molecule has 1 aliphatic rings. The minimum atomic E-state index is 0.0350. The highest BCUT2D eigenvalue weighted by atomic mass is 79.9. The third kappa shape index (κ3) is 2.77. The molecule has 0 aromatic heterocycles. The molecule has 0 saturated heterocycles. The summed E-state index contributed by atoms with van der Waals surface area (Å²) in [5.74, 6) is 1.31. The quantitative estimate of drug-likeness (QED) is 0.881. The van der Waals surface area contributed by atoms with E-state index in [1.165, 1.54) is 6.42 Å². The van der Waals surface area contributed by atoms with Crippen LogP contribution >= 0.6 is 15.9 Å². The van der Waals surface area contributed by atoms with E-state index in [2.05, 4.69) is 35.1 Å². The molecule has 18 heavy (non-hydrogen) atoms. The fourth-order valence-corrected chi connectivity index (χ4v) is 3.29.